The number of aromatic carboxylic acids is 1. The number of nitrogens with two attached hydrogens (primary N) is 1. The van der Waals surface area contributed by atoms with E-state index in [1.807, 2.05) is 32.0 Å². The van der Waals surface area contributed by atoms with Gasteiger partial charge in [0.25, 0.3) is 5.82 Å². The van der Waals surface area contributed by atoms with Crippen LogP contribution < -0.4 is 5.73 Å². The quantitative estimate of drug-likeness (QED) is 0.810. The molecule has 0 aliphatic heterocycles. The van der Waals surface area contributed by atoms with Crippen LogP contribution in [0.5, 0.6) is 0 Å². The molecule has 2 rings (SSSR count). The highest BCUT2D eigenvalue weighted by Crippen LogP contribution is 2.15. The van der Waals surface area contributed by atoms with E-state index in [0.29, 0.717) is 5.69 Å². The molecule has 0 fully saturated rings. The molecule has 0 aliphatic rings. The summed E-state index contributed by atoms with van der Waals surface area (Å²) in [6.45, 7) is 3.95. The number of carboxylic acid groups (broad SMARTS) is 1. The Kier molecular flexibility index (Phi) is 2.55. The Balaban J connectivity index is 2.52. The first kappa shape index (κ1) is 11.1. The number of nitrogens with zero attached hydrogens (tertiary/aromatic N) is 3. The predicted octanol–water partition coefficient (Wildman–Crippen LogP) is 1.16. The van der Waals surface area contributed by atoms with Crippen molar-refractivity contribution in [2.75, 3.05) is 5.73 Å². The van der Waals surface area contributed by atoms with Crippen LogP contribution in [0, 0.1) is 13.8 Å². The van der Waals surface area contributed by atoms with Gasteiger partial charge in [0.05, 0.1) is 5.69 Å². The number of aryl methyl sites for hydroxylation is 2. The second-order valence-electron chi connectivity index (χ2n) is 3.78. The van der Waals surface area contributed by atoms with Gasteiger partial charge in [-0.15, -0.1) is 5.10 Å². The molecule has 88 valence electrons. The zero-order chi connectivity index (χ0) is 12.6. The van der Waals surface area contributed by atoms with Crippen LogP contribution in [0.15, 0.2) is 18.2 Å². The Morgan fingerprint density at radius 3 is 2.59 bits per heavy atom. The standard InChI is InChI=1S/C11H12N4O2/c1-6-3-4-8(5-7(6)2)15-11(12)13-9(14-15)10(16)17/h3-5H,1-2H3,(H,16,17)(H2,12,13,14). The Hall–Kier alpha value is -2.37. The molecular weight excluding hydrogens is 220 g/mol. The number of benzene rings is 1. The summed E-state index contributed by atoms with van der Waals surface area (Å²) in [6, 6.07) is 5.62. The van der Waals surface area contributed by atoms with E-state index in [0.717, 1.165) is 11.1 Å². The first-order chi connectivity index (χ1) is 7.99. The number of hydrogen-bond donors (Lipinski definition) is 2. The highest BCUT2D eigenvalue weighted by Gasteiger charge is 2.14. The van der Waals surface area contributed by atoms with Gasteiger partial charge in [-0.1, -0.05) is 6.07 Å². The molecule has 1 aromatic carbocycles. The van der Waals surface area contributed by atoms with Crippen LogP contribution in [0.2, 0.25) is 0 Å². The predicted molar refractivity (Wildman–Crippen MR) is 62.2 cm³/mol. The number of anilines is 1. The summed E-state index contributed by atoms with van der Waals surface area (Å²) < 4.78 is 1.32. The molecule has 0 spiro atoms. The van der Waals surface area contributed by atoms with E-state index >= 15 is 0 Å². The molecule has 0 unspecified atom stereocenters. The molecule has 0 saturated carbocycles. The lowest BCUT2D eigenvalue weighted by Crippen LogP contribution is -2.04. The van der Waals surface area contributed by atoms with E-state index in [1.165, 1.54) is 4.68 Å². The van der Waals surface area contributed by atoms with Crippen LogP contribution in [-0.4, -0.2) is 25.8 Å². The van der Waals surface area contributed by atoms with Gasteiger partial charge < -0.3 is 10.8 Å². The van der Waals surface area contributed by atoms with Gasteiger partial charge in [0.1, 0.15) is 0 Å². The fourth-order valence-electron chi connectivity index (χ4n) is 1.46. The van der Waals surface area contributed by atoms with Crippen molar-refractivity contribution in [2.24, 2.45) is 0 Å². The fourth-order valence-corrected chi connectivity index (χ4v) is 1.46. The van der Waals surface area contributed by atoms with Crippen molar-refractivity contribution in [3.05, 3.63) is 35.2 Å². The summed E-state index contributed by atoms with van der Waals surface area (Å²) in [6.07, 6.45) is 0. The topological polar surface area (TPSA) is 94.0 Å². The van der Waals surface area contributed by atoms with Crippen LogP contribution in [0.4, 0.5) is 5.95 Å². The van der Waals surface area contributed by atoms with E-state index in [1.54, 1.807) is 0 Å². The maximum Gasteiger partial charge on any atom is 0.375 e. The third-order valence-electron chi connectivity index (χ3n) is 2.56. The monoisotopic (exact) mass is 232 g/mol. The second kappa shape index (κ2) is 3.89. The largest absolute Gasteiger partial charge is 0.475 e. The smallest absolute Gasteiger partial charge is 0.375 e. The minimum Gasteiger partial charge on any atom is -0.475 e. The maximum absolute atomic E-state index is 10.7. The summed E-state index contributed by atoms with van der Waals surface area (Å²) >= 11 is 0. The average Bonchev–Trinajstić information content (AvgIpc) is 2.65. The molecular formula is C11H12N4O2. The summed E-state index contributed by atoms with van der Waals surface area (Å²) in [5.74, 6) is -1.44. The zero-order valence-corrected chi connectivity index (χ0v) is 9.51. The van der Waals surface area contributed by atoms with Gasteiger partial charge >= 0.3 is 5.97 Å². The molecule has 2 aromatic rings. The molecule has 0 radical (unpaired) electrons. The summed E-state index contributed by atoms with van der Waals surface area (Å²) in [4.78, 5) is 14.4. The van der Waals surface area contributed by atoms with Crippen LogP contribution in [0.25, 0.3) is 5.69 Å². The highest BCUT2D eigenvalue weighted by atomic mass is 16.4. The summed E-state index contributed by atoms with van der Waals surface area (Å²) in [7, 11) is 0. The van der Waals surface area contributed by atoms with Gasteiger partial charge in [-0.3, -0.25) is 0 Å². The van der Waals surface area contributed by atoms with E-state index in [4.69, 9.17) is 10.8 Å². The first-order valence-corrected chi connectivity index (χ1v) is 5.02. The van der Waals surface area contributed by atoms with Gasteiger partial charge in [-0.05, 0) is 37.1 Å². The highest BCUT2D eigenvalue weighted by molar-refractivity contribution is 5.83. The van der Waals surface area contributed by atoms with Crippen LogP contribution >= 0.6 is 0 Å². The third kappa shape index (κ3) is 1.96. The maximum atomic E-state index is 10.7. The van der Waals surface area contributed by atoms with Crippen molar-refractivity contribution in [1.82, 2.24) is 14.8 Å². The van der Waals surface area contributed by atoms with Gasteiger partial charge in [0.15, 0.2) is 0 Å². The molecule has 0 aliphatic carbocycles. The molecule has 6 nitrogen and oxygen atoms in total. The van der Waals surface area contributed by atoms with Gasteiger partial charge in [0, 0.05) is 0 Å². The number of carbonyl (C=O) groups is 1. The lowest BCUT2D eigenvalue weighted by molar-refractivity contribution is 0.0683. The molecule has 6 heteroatoms. The second-order valence-corrected chi connectivity index (χ2v) is 3.78. The molecule has 1 heterocycles. The lowest BCUT2D eigenvalue weighted by Gasteiger charge is -2.05. The number of rotatable bonds is 2. The van der Waals surface area contributed by atoms with Gasteiger partial charge in [0.2, 0.25) is 5.95 Å². The van der Waals surface area contributed by atoms with Crippen molar-refractivity contribution in [3.63, 3.8) is 0 Å². The molecule has 17 heavy (non-hydrogen) atoms. The van der Waals surface area contributed by atoms with Crippen molar-refractivity contribution < 1.29 is 9.90 Å². The summed E-state index contributed by atoms with van der Waals surface area (Å²) in [5.41, 5.74) is 8.55. The Morgan fingerprint density at radius 2 is 2.06 bits per heavy atom. The van der Waals surface area contributed by atoms with Crippen LogP contribution in [-0.2, 0) is 0 Å². The van der Waals surface area contributed by atoms with Crippen molar-refractivity contribution in [3.8, 4) is 5.69 Å². The van der Waals surface area contributed by atoms with Gasteiger partial charge in [-0.25, -0.2) is 4.79 Å². The number of aromatic nitrogens is 3. The van der Waals surface area contributed by atoms with Crippen LogP contribution in [0.3, 0.4) is 0 Å². The Morgan fingerprint density at radius 1 is 1.35 bits per heavy atom. The molecule has 1 aromatic heterocycles. The minimum atomic E-state index is -1.20. The van der Waals surface area contributed by atoms with Crippen molar-refractivity contribution in [2.45, 2.75) is 13.8 Å². The summed E-state index contributed by atoms with van der Waals surface area (Å²) in [5, 5.41) is 12.6. The first-order valence-electron chi connectivity index (χ1n) is 5.02. The van der Waals surface area contributed by atoms with Gasteiger partial charge in [-0.2, -0.15) is 9.67 Å². The fraction of sp³-hybridized carbons (Fsp3) is 0.182. The number of nitrogen functional groups attached to an aromatic ring is 1. The Labute approximate surface area is 97.7 Å². The minimum absolute atomic E-state index is 0.0608. The van der Waals surface area contributed by atoms with E-state index in [-0.39, 0.29) is 11.8 Å². The van der Waals surface area contributed by atoms with E-state index in [9.17, 15) is 4.79 Å². The molecule has 0 saturated heterocycles. The van der Waals surface area contributed by atoms with Crippen molar-refractivity contribution >= 4 is 11.9 Å². The van der Waals surface area contributed by atoms with Crippen molar-refractivity contribution in [1.29, 1.82) is 0 Å². The Bertz CT molecular complexity index is 589. The number of carboxylic acids is 1. The normalized spacial score (nSPS) is 10.5. The van der Waals surface area contributed by atoms with E-state index in [2.05, 4.69) is 10.1 Å². The lowest BCUT2D eigenvalue weighted by atomic mass is 10.1. The molecule has 0 bridgehead atoms. The van der Waals surface area contributed by atoms with Crippen LogP contribution in [0.1, 0.15) is 21.7 Å². The number of hydrogen-bond acceptors (Lipinski definition) is 4. The van der Waals surface area contributed by atoms with E-state index < -0.39 is 5.97 Å². The third-order valence-corrected chi connectivity index (χ3v) is 2.56. The molecule has 0 atom stereocenters. The average molecular weight is 232 g/mol. The molecule has 3 N–H and O–H groups in total. The zero-order valence-electron chi connectivity index (χ0n) is 9.51. The SMILES string of the molecule is Cc1ccc(-n2nc(C(=O)O)nc2N)cc1C. The molecule has 0 amide bonds.